The average molecular weight is 784 g/mol. The maximum absolute atomic E-state index is 13.2. The first-order valence-electron chi connectivity index (χ1n) is 17.8. The molecule has 2 aromatic carbocycles. The van der Waals surface area contributed by atoms with Crippen molar-refractivity contribution in [1.82, 2.24) is 24.9 Å². The molecule has 6 rings (SSSR count). The molecule has 3 unspecified atom stereocenters. The molecule has 4 aliphatic rings. The summed E-state index contributed by atoms with van der Waals surface area (Å²) in [6.45, 7) is 4.23. The van der Waals surface area contributed by atoms with Crippen LogP contribution in [0, 0.1) is 5.92 Å². The van der Waals surface area contributed by atoms with Gasteiger partial charge in [0.15, 0.2) is 11.5 Å². The molecule has 1 saturated heterocycles. The van der Waals surface area contributed by atoms with Crippen LogP contribution in [0.3, 0.4) is 0 Å². The number of aldehydes is 1. The third kappa shape index (κ3) is 9.69. The van der Waals surface area contributed by atoms with E-state index in [9.17, 15) is 29.4 Å². The lowest BCUT2D eigenvalue weighted by Gasteiger charge is -2.38. The monoisotopic (exact) mass is 782 g/mol. The van der Waals surface area contributed by atoms with Crippen LogP contribution in [-0.4, -0.2) is 146 Å². The van der Waals surface area contributed by atoms with Gasteiger partial charge < -0.3 is 35.1 Å². The van der Waals surface area contributed by atoms with Crippen molar-refractivity contribution in [3.05, 3.63) is 63.6 Å². The number of aliphatic carboxylic acids is 2. The highest BCUT2D eigenvalue weighted by Crippen LogP contribution is 2.52. The van der Waals surface area contributed by atoms with Gasteiger partial charge in [-0.15, -0.1) is 0 Å². The highest BCUT2D eigenvalue weighted by molar-refractivity contribution is 9.10. The Morgan fingerprint density at radius 2 is 1.46 bits per heavy atom. The summed E-state index contributed by atoms with van der Waals surface area (Å²) < 4.78 is 12.2. The number of ether oxygens (including phenoxy) is 2. The van der Waals surface area contributed by atoms with Crippen LogP contribution in [0.4, 0.5) is 5.69 Å². The van der Waals surface area contributed by atoms with Gasteiger partial charge in [-0.2, -0.15) is 0 Å². The maximum Gasteiger partial charge on any atom is 0.317 e. The average Bonchev–Trinajstić information content (AvgIpc) is 3.78. The molecule has 1 aliphatic carbocycles. The van der Waals surface area contributed by atoms with Crippen molar-refractivity contribution in [2.45, 2.75) is 24.8 Å². The summed E-state index contributed by atoms with van der Waals surface area (Å²) in [5.74, 6) is 0.0766. The van der Waals surface area contributed by atoms with Crippen LogP contribution in [-0.2, 0) is 25.6 Å². The zero-order valence-electron chi connectivity index (χ0n) is 29.2. The molecule has 280 valence electrons. The van der Waals surface area contributed by atoms with Crippen molar-refractivity contribution < 1.29 is 38.9 Å². The van der Waals surface area contributed by atoms with Gasteiger partial charge in [0.2, 0.25) is 12.7 Å². The summed E-state index contributed by atoms with van der Waals surface area (Å²) in [4.78, 5) is 55.1. The van der Waals surface area contributed by atoms with Gasteiger partial charge in [-0.3, -0.25) is 34.0 Å². The predicted molar refractivity (Wildman–Crippen MR) is 197 cm³/mol. The Hall–Kier alpha value is -4.02. The highest BCUT2D eigenvalue weighted by Gasteiger charge is 2.39. The van der Waals surface area contributed by atoms with Gasteiger partial charge in [0.1, 0.15) is 6.29 Å². The number of amides is 1. The third-order valence-electron chi connectivity index (χ3n) is 10.3. The largest absolute Gasteiger partial charge is 0.480 e. The van der Waals surface area contributed by atoms with Crippen LogP contribution in [0.2, 0.25) is 0 Å². The molecule has 2 aromatic rings. The van der Waals surface area contributed by atoms with E-state index in [2.05, 4.69) is 63.0 Å². The Morgan fingerprint density at radius 3 is 2.10 bits per heavy atom. The minimum absolute atomic E-state index is 0.0978. The molecule has 3 atom stereocenters. The number of rotatable bonds is 12. The van der Waals surface area contributed by atoms with Crippen LogP contribution >= 0.6 is 15.9 Å². The first-order chi connectivity index (χ1) is 25.2. The Bertz CT molecular complexity index is 1660. The van der Waals surface area contributed by atoms with E-state index in [4.69, 9.17) is 9.47 Å². The fourth-order valence-electron chi connectivity index (χ4n) is 7.61. The number of hydrogen-bond acceptors (Lipinski definition) is 11. The van der Waals surface area contributed by atoms with Crippen molar-refractivity contribution in [2.75, 3.05) is 97.2 Å². The van der Waals surface area contributed by atoms with Crippen molar-refractivity contribution in [3.63, 3.8) is 0 Å². The number of carboxylic acids is 2. The number of nitrogens with one attached hydrogen (secondary N) is 2. The molecule has 1 amide bonds. The summed E-state index contributed by atoms with van der Waals surface area (Å²) in [5.41, 5.74) is 4.64. The van der Waals surface area contributed by atoms with E-state index in [0.717, 1.165) is 45.5 Å². The Balaban J connectivity index is 1.05. The molecular weight excluding hydrogens is 736 g/mol. The standard InChI is InChI=1S/C37H47BrN6O8/c38-30-20-33-32(51-24-52-33)19-29(30)37-27-3-1-2-26(27)28-18-25(4-5-31(28)40-37)6-7-39-34(46)21-42-10-8-41(16-17-45)9-11-43(22-35(47)48)14-15-44(13-12-42)23-36(49)50/h1-2,4-5,17-20,26-27,37,40H,3,6-16,21-24H2,(H,39,46)(H,47,48)(H,49,50). The number of hydrogen-bond donors (Lipinski definition) is 4. The minimum Gasteiger partial charge on any atom is -0.480 e. The summed E-state index contributed by atoms with van der Waals surface area (Å²) >= 11 is 3.76. The summed E-state index contributed by atoms with van der Waals surface area (Å²) in [7, 11) is 0. The number of carboxylic acid groups (broad SMARTS) is 2. The first kappa shape index (κ1) is 37.7. The molecule has 1 fully saturated rings. The second-order valence-corrected chi connectivity index (χ2v) is 14.7. The summed E-state index contributed by atoms with van der Waals surface area (Å²) in [6, 6.07) is 10.6. The zero-order chi connectivity index (χ0) is 36.6. The van der Waals surface area contributed by atoms with Crippen molar-refractivity contribution >= 4 is 45.7 Å². The zero-order valence-corrected chi connectivity index (χ0v) is 30.8. The van der Waals surface area contributed by atoms with Crippen molar-refractivity contribution in [1.29, 1.82) is 0 Å². The van der Waals surface area contributed by atoms with Crippen LogP contribution in [0.5, 0.6) is 11.5 Å². The predicted octanol–water partition coefficient (Wildman–Crippen LogP) is 2.25. The number of fused-ring (bicyclic) bond motifs is 4. The molecule has 14 nitrogen and oxygen atoms in total. The van der Waals surface area contributed by atoms with Gasteiger partial charge >= 0.3 is 11.9 Å². The van der Waals surface area contributed by atoms with Gasteiger partial charge in [0, 0.05) is 75.0 Å². The fourth-order valence-corrected chi connectivity index (χ4v) is 8.18. The van der Waals surface area contributed by atoms with E-state index in [1.165, 1.54) is 5.56 Å². The van der Waals surface area contributed by atoms with Gasteiger partial charge in [-0.1, -0.05) is 40.2 Å². The molecule has 3 heterocycles. The van der Waals surface area contributed by atoms with Gasteiger partial charge in [0.25, 0.3) is 0 Å². The van der Waals surface area contributed by atoms with Gasteiger partial charge in [-0.05, 0) is 53.6 Å². The van der Waals surface area contributed by atoms with E-state index < -0.39 is 11.9 Å². The van der Waals surface area contributed by atoms with Crippen LogP contribution in [0.25, 0.3) is 0 Å². The number of anilines is 1. The number of halogens is 1. The van der Waals surface area contributed by atoms with Crippen molar-refractivity contribution in [3.8, 4) is 11.5 Å². The molecular formula is C37H47BrN6O8. The first-order valence-corrected chi connectivity index (χ1v) is 18.6. The lowest BCUT2D eigenvalue weighted by Crippen LogP contribution is -2.49. The Morgan fingerprint density at radius 1 is 0.846 bits per heavy atom. The molecule has 15 heteroatoms. The molecule has 52 heavy (non-hydrogen) atoms. The van der Waals surface area contributed by atoms with Crippen LogP contribution < -0.4 is 20.1 Å². The maximum atomic E-state index is 13.2. The second-order valence-electron chi connectivity index (χ2n) is 13.8. The molecule has 0 radical (unpaired) electrons. The smallest absolute Gasteiger partial charge is 0.317 e. The minimum atomic E-state index is -0.964. The molecule has 0 saturated carbocycles. The fraction of sp³-hybridized carbons (Fsp3) is 0.514. The van der Waals surface area contributed by atoms with E-state index in [1.807, 2.05) is 15.9 Å². The van der Waals surface area contributed by atoms with Crippen molar-refractivity contribution in [2.24, 2.45) is 5.92 Å². The number of carbonyl (C=O) groups excluding carboxylic acids is 2. The normalized spacial score (nSPS) is 22.8. The quantitative estimate of drug-likeness (QED) is 0.183. The number of allylic oxidation sites excluding steroid dienone is 2. The SMILES string of the molecule is O=CCN1CCN(CC(=O)O)CCN(CC(=O)O)CCN(CC(=O)NCCc2ccc3c(c2)C2C=CCC2C(c2cc4c(cc2Br)OCO4)N3)CC1. The highest BCUT2D eigenvalue weighted by atomic mass is 79.9. The third-order valence-corrected chi connectivity index (χ3v) is 11.0. The number of carbonyl (C=O) groups is 4. The van der Waals surface area contributed by atoms with Crippen LogP contribution in [0.15, 0.2) is 47.0 Å². The van der Waals surface area contributed by atoms with Crippen LogP contribution in [0.1, 0.15) is 35.1 Å². The molecule has 3 aliphatic heterocycles. The summed E-state index contributed by atoms with van der Waals surface area (Å²) in [5, 5.41) is 25.7. The Kier molecular flexibility index (Phi) is 12.8. The van der Waals surface area contributed by atoms with Gasteiger partial charge in [0.05, 0.1) is 32.2 Å². The Labute approximate surface area is 311 Å². The topological polar surface area (TPSA) is 164 Å². The van der Waals surface area contributed by atoms with E-state index in [0.29, 0.717) is 71.2 Å². The molecule has 0 bridgehead atoms. The lowest BCUT2D eigenvalue weighted by atomic mass is 9.76. The van der Waals surface area contributed by atoms with E-state index in [-0.39, 0.29) is 50.8 Å². The number of nitrogens with zero attached hydrogens (tertiary/aromatic N) is 4. The molecule has 0 aromatic heterocycles. The molecule has 4 N–H and O–H groups in total. The van der Waals surface area contributed by atoms with E-state index >= 15 is 0 Å². The second kappa shape index (κ2) is 17.7. The molecule has 0 spiro atoms. The number of benzene rings is 2. The summed E-state index contributed by atoms with van der Waals surface area (Å²) in [6.07, 6.45) is 7.03. The van der Waals surface area contributed by atoms with E-state index in [1.54, 1.807) is 9.80 Å². The van der Waals surface area contributed by atoms with Gasteiger partial charge in [-0.25, -0.2) is 0 Å². The lowest BCUT2D eigenvalue weighted by molar-refractivity contribution is -0.140.